The third-order valence-electron chi connectivity index (χ3n) is 6.46. The van der Waals surface area contributed by atoms with Crippen LogP contribution < -0.4 is 10.3 Å². The van der Waals surface area contributed by atoms with E-state index < -0.39 is 0 Å². The normalized spacial score (nSPS) is 18.9. The molecule has 152 valence electrons. The Morgan fingerprint density at radius 2 is 1.72 bits per heavy atom. The Morgan fingerprint density at radius 3 is 2.41 bits per heavy atom. The SMILES string of the molecule is O=C(N/N=C/c1ccc(N2CCC3(CCCCC3)CC2)cc1)c1cccc(Cl)c1. The number of piperidine rings is 1. The average molecular weight is 410 g/mol. The van der Waals surface area contributed by atoms with Crippen LogP contribution in [0, 0.1) is 5.41 Å². The Labute approximate surface area is 177 Å². The number of hydrogen-bond acceptors (Lipinski definition) is 3. The number of hydrazone groups is 1. The van der Waals surface area contributed by atoms with Crippen molar-refractivity contribution in [1.82, 2.24) is 5.43 Å². The van der Waals surface area contributed by atoms with Gasteiger partial charge in [-0.25, -0.2) is 5.43 Å². The minimum absolute atomic E-state index is 0.273. The van der Waals surface area contributed by atoms with Crippen LogP contribution in [0.5, 0.6) is 0 Å². The summed E-state index contributed by atoms with van der Waals surface area (Å²) in [6, 6.07) is 15.2. The molecular formula is C24H28ClN3O. The first-order chi connectivity index (χ1) is 14.1. The third kappa shape index (κ3) is 4.99. The van der Waals surface area contributed by atoms with Gasteiger partial charge < -0.3 is 4.90 Å². The van der Waals surface area contributed by atoms with Crippen molar-refractivity contribution in [3.8, 4) is 0 Å². The van der Waals surface area contributed by atoms with Gasteiger partial charge >= 0.3 is 0 Å². The van der Waals surface area contributed by atoms with E-state index in [2.05, 4.69) is 39.7 Å². The lowest BCUT2D eigenvalue weighted by atomic mass is 9.68. The molecule has 0 unspecified atom stereocenters. The average Bonchev–Trinajstić information content (AvgIpc) is 2.75. The lowest BCUT2D eigenvalue weighted by molar-refractivity contribution is 0.0955. The summed E-state index contributed by atoms with van der Waals surface area (Å²) in [7, 11) is 0. The molecule has 4 rings (SSSR count). The Balaban J connectivity index is 1.30. The fraction of sp³-hybridized carbons (Fsp3) is 0.417. The first kappa shape index (κ1) is 20.0. The van der Waals surface area contributed by atoms with E-state index in [1.54, 1.807) is 30.5 Å². The Hall–Kier alpha value is -2.33. The molecule has 1 amide bonds. The smallest absolute Gasteiger partial charge is 0.271 e. The molecular weight excluding hydrogens is 382 g/mol. The molecule has 2 aromatic carbocycles. The lowest BCUT2D eigenvalue weighted by Crippen LogP contribution is -2.41. The van der Waals surface area contributed by atoms with Gasteiger partial charge in [0.05, 0.1) is 6.21 Å². The van der Waals surface area contributed by atoms with E-state index in [1.165, 1.54) is 50.6 Å². The number of anilines is 1. The van der Waals surface area contributed by atoms with E-state index in [0.717, 1.165) is 18.7 Å². The number of amides is 1. The number of hydrogen-bond donors (Lipinski definition) is 1. The van der Waals surface area contributed by atoms with E-state index in [1.807, 2.05) is 0 Å². The molecule has 0 bridgehead atoms. The lowest BCUT2D eigenvalue weighted by Gasteiger charge is -2.45. The molecule has 2 fully saturated rings. The molecule has 2 aromatic rings. The zero-order valence-electron chi connectivity index (χ0n) is 16.7. The largest absolute Gasteiger partial charge is 0.371 e. The molecule has 1 saturated heterocycles. The van der Waals surface area contributed by atoms with Gasteiger partial charge in [0.2, 0.25) is 0 Å². The number of carbonyl (C=O) groups excluding carboxylic acids is 1. The van der Waals surface area contributed by atoms with Crippen LogP contribution in [-0.4, -0.2) is 25.2 Å². The van der Waals surface area contributed by atoms with Crippen LogP contribution in [-0.2, 0) is 0 Å². The Bertz CT molecular complexity index is 862. The molecule has 1 spiro atoms. The summed E-state index contributed by atoms with van der Waals surface area (Å²) in [5, 5.41) is 4.60. The van der Waals surface area contributed by atoms with Crippen molar-refractivity contribution in [3.63, 3.8) is 0 Å². The fourth-order valence-corrected chi connectivity index (χ4v) is 4.86. The summed E-state index contributed by atoms with van der Waals surface area (Å²) >= 11 is 5.92. The van der Waals surface area contributed by atoms with Crippen molar-refractivity contribution in [2.45, 2.75) is 44.9 Å². The molecule has 2 aliphatic rings. The molecule has 0 radical (unpaired) electrons. The van der Waals surface area contributed by atoms with Crippen LogP contribution in [0.3, 0.4) is 0 Å². The summed E-state index contributed by atoms with van der Waals surface area (Å²) in [5.74, 6) is -0.273. The minimum Gasteiger partial charge on any atom is -0.371 e. The Kier molecular flexibility index (Phi) is 6.19. The minimum atomic E-state index is -0.273. The monoisotopic (exact) mass is 409 g/mol. The molecule has 0 atom stereocenters. The first-order valence-electron chi connectivity index (χ1n) is 10.6. The van der Waals surface area contributed by atoms with Crippen molar-refractivity contribution in [2.75, 3.05) is 18.0 Å². The van der Waals surface area contributed by atoms with Gasteiger partial charge in [-0.3, -0.25) is 4.79 Å². The summed E-state index contributed by atoms with van der Waals surface area (Å²) in [5.41, 5.74) is 5.90. The van der Waals surface area contributed by atoms with Gasteiger partial charge in [0.25, 0.3) is 5.91 Å². The van der Waals surface area contributed by atoms with Gasteiger partial charge in [0.1, 0.15) is 0 Å². The summed E-state index contributed by atoms with van der Waals surface area (Å²) in [6.45, 7) is 2.31. The standard InChI is InChI=1S/C24H28ClN3O/c25-21-6-4-5-20(17-21)23(29)27-26-18-19-7-9-22(10-8-19)28-15-13-24(14-16-28)11-2-1-3-12-24/h4-10,17-18H,1-3,11-16H2,(H,27,29)/b26-18+. The predicted octanol–water partition coefficient (Wildman–Crippen LogP) is 5.65. The summed E-state index contributed by atoms with van der Waals surface area (Å²) in [4.78, 5) is 14.6. The predicted molar refractivity (Wildman–Crippen MR) is 120 cm³/mol. The zero-order valence-corrected chi connectivity index (χ0v) is 17.5. The van der Waals surface area contributed by atoms with E-state index in [9.17, 15) is 4.79 Å². The second-order valence-electron chi connectivity index (χ2n) is 8.35. The van der Waals surface area contributed by atoms with Gasteiger partial charge in [-0.1, -0.05) is 49.1 Å². The number of nitrogens with one attached hydrogen (secondary N) is 1. The third-order valence-corrected chi connectivity index (χ3v) is 6.70. The fourth-order valence-electron chi connectivity index (χ4n) is 4.67. The molecule has 1 aliphatic heterocycles. The van der Waals surface area contributed by atoms with Crippen LogP contribution in [0.1, 0.15) is 60.9 Å². The maximum Gasteiger partial charge on any atom is 0.271 e. The molecule has 1 heterocycles. The molecule has 1 N–H and O–H groups in total. The highest BCUT2D eigenvalue weighted by Gasteiger charge is 2.35. The van der Waals surface area contributed by atoms with Crippen LogP contribution in [0.2, 0.25) is 5.02 Å². The van der Waals surface area contributed by atoms with Gasteiger partial charge in [-0.2, -0.15) is 5.10 Å². The summed E-state index contributed by atoms with van der Waals surface area (Å²) < 4.78 is 0. The highest BCUT2D eigenvalue weighted by molar-refractivity contribution is 6.30. The summed E-state index contributed by atoms with van der Waals surface area (Å²) in [6.07, 6.45) is 11.4. The highest BCUT2D eigenvalue weighted by atomic mass is 35.5. The first-order valence-corrected chi connectivity index (χ1v) is 11.0. The molecule has 29 heavy (non-hydrogen) atoms. The quantitative estimate of drug-likeness (QED) is 0.523. The van der Waals surface area contributed by atoms with Crippen molar-refractivity contribution in [1.29, 1.82) is 0 Å². The Morgan fingerprint density at radius 1 is 1.00 bits per heavy atom. The molecule has 1 aliphatic carbocycles. The van der Waals surface area contributed by atoms with Crippen molar-refractivity contribution >= 4 is 29.4 Å². The molecule has 0 aromatic heterocycles. The maximum absolute atomic E-state index is 12.1. The molecule has 1 saturated carbocycles. The van der Waals surface area contributed by atoms with E-state index in [4.69, 9.17) is 11.6 Å². The second-order valence-corrected chi connectivity index (χ2v) is 8.79. The van der Waals surface area contributed by atoms with Crippen LogP contribution in [0.4, 0.5) is 5.69 Å². The number of benzene rings is 2. The van der Waals surface area contributed by atoms with E-state index in [-0.39, 0.29) is 5.91 Å². The topological polar surface area (TPSA) is 44.7 Å². The number of rotatable bonds is 4. The van der Waals surface area contributed by atoms with Gasteiger partial charge in [0.15, 0.2) is 0 Å². The van der Waals surface area contributed by atoms with Crippen molar-refractivity contribution < 1.29 is 4.79 Å². The second kappa shape index (κ2) is 9.00. The van der Waals surface area contributed by atoms with Gasteiger partial charge in [-0.05, 0) is 67.0 Å². The number of nitrogens with zero attached hydrogens (tertiary/aromatic N) is 2. The van der Waals surface area contributed by atoms with Crippen LogP contribution in [0.25, 0.3) is 0 Å². The highest BCUT2D eigenvalue weighted by Crippen LogP contribution is 2.45. The van der Waals surface area contributed by atoms with Crippen molar-refractivity contribution in [2.24, 2.45) is 10.5 Å². The zero-order chi connectivity index (χ0) is 20.1. The van der Waals surface area contributed by atoms with E-state index >= 15 is 0 Å². The molecule has 4 nitrogen and oxygen atoms in total. The van der Waals surface area contributed by atoms with E-state index in [0.29, 0.717) is 16.0 Å². The number of carbonyl (C=O) groups is 1. The molecule has 5 heteroatoms. The van der Waals surface area contributed by atoms with Crippen LogP contribution in [0.15, 0.2) is 53.6 Å². The van der Waals surface area contributed by atoms with Crippen LogP contribution >= 0.6 is 11.6 Å². The van der Waals surface area contributed by atoms with Gasteiger partial charge in [-0.15, -0.1) is 0 Å². The number of halogens is 1. The maximum atomic E-state index is 12.1. The van der Waals surface area contributed by atoms with Crippen molar-refractivity contribution in [3.05, 3.63) is 64.7 Å². The van der Waals surface area contributed by atoms with Gasteiger partial charge in [0, 0.05) is 29.4 Å².